The summed E-state index contributed by atoms with van der Waals surface area (Å²) in [5, 5.41) is 3.08. The number of aromatic nitrogens is 4. The van der Waals surface area contributed by atoms with Crippen molar-refractivity contribution in [3.8, 4) is 5.88 Å². The number of benzene rings is 1. The number of halogens is 1. The quantitative estimate of drug-likeness (QED) is 0.591. The number of anilines is 1. The summed E-state index contributed by atoms with van der Waals surface area (Å²) in [4.78, 5) is 20.7. The lowest BCUT2D eigenvalue weighted by Crippen LogP contribution is -2.39. The smallest absolute Gasteiger partial charge is 0.233 e. The van der Waals surface area contributed by atoms with E-state index in [1.165, 1.54) is 0 Å². The zero-order valence-corrected chi connectivity index (χ0v) is 19.4. The molecule has 0 unspecified atom stereocenters. The molecule has 8 heteroatoms. The van der Waals surface area contributed by atoms with Crippen LogP contribution in [0.2, 0.25) is 0 Å². The van der Waals surface area contributed by atoms with Crippen molar-refractivity contribution in [2.24, 2.45) is 0 Å². The van der Waals surface area contributed by atoms with Crippen LogP contribution in [-0.2, 0) is 6.42 Å². The molecule has 6 rings (SSSR count). The molecule has 34 heavy (non-hydrogen) atoms. The topological polar surface area (TPSA) is 76.1 Å². The molecular formula is C26H29FN6O. The number of piperidine rings is 1. The molecule has 2 aliphatic carbocycles. The van der Waals surface area contributed by atoms with Gasteiger partial charge in [-0.15, -0.1) is 0 Å². The molecule has 1 saturated heterocycles. The summed E-state index contributed by atoms with van der Waals surface area (Å²) >= 11 is 0. The zero-order chi connectivity index (χ0) is 23.1. The highest BCUT2D eigenvalue weighted by Gasteiger charge is 2.36. The molecule has 1 aliphatic heterocycles. The molecule has 0 radical (unpaired) electrons. The Bertz CT molecular complexity index is 1250. The summed E-state index contributed by atoms with van der Waals surface area (Å²) < 4.78 is 20.4. The lowest BCUT2D eigenvalue weighted by atomic mass is 9.82. The summed E-state index contributed by atoms with van der Waals surface area (Å²) in [6.45, 7) is 2.35. The van der Waals surface area contributed by atoms with Crippen molar-refractivity contribution in [3.63, 3.8) is 0 Å². The summed E-state index contributed by atoms with van der Waals surface area (Å²) in [6, 6.07) is 6.11. The van der Waals surface area contributed by atoms with Gasteiger partial charge in [0.2, 0.25) is 11.8 Å². The molecule has 0 atom stereocenters. The number of rotatable bonds is 6. The first-order valence-corrected chi connectivity index (χ1v) is 12.2. The van der Waals surface area contributed by atoms with Crippen LogP contribution in [0, 0.1) is 0 Å². The van der Waals surface area contributed by atoms with Gasteiger partial charge in [0.25, 0.3) is 0 Å². The lowest BCUT2D eigenvalue weighted by molar-refractivity contribution is 0.0782. The van der Waals surface area contributed by atoms with Gasteiger partial charge >= 0.3 is 0 Å². The van der Waals surface area contributed by atoms with Gasteiger partial charge in [-0.3, -0.25) is 0 Å². The number of fused-ring (bicyclic) bond motifs is 2. The predicted molar refractivity (Wildman–Crippen MR) is 130 cm³/mol. The van der Waals surface area contributed by atoms with E-state index in [4.69, 9.17) is 9.72 Å². The van der Waals surface area contributed by atoms with E-state index in [0.29, 0.717) is 24.7 Å². The highest BCUT2D eigenvalue weighted by atomic mass is 19.1. The number of likely N-dealkylation sites (tertiary alicyclic amines) is 1. The SMILES string of the molecule is CN1CCC(Oc2cnc3ccc(C4=CCc5nc(NCC6(F)CCC6)ncc54)cc3n2)CC1. The number of allylic oxidation sites excluding steroid dienone is 1. The average Bonchev–Trinajstić information content (AvgIpc) is 3.26. The number of nitrogens with zero attached hydrogens (tertiary/aromatic N) is 5. The Morgan fingerprint density at radius 3 is 2.76 bits per heavy atom. The van der Waals surface area contributed by atoms with Crippen molar-refractivity contribution >= 4 is 22.6 Å². The summed E-state index contributed by atoms with van der Waals surface area (Å²) in [6.07, 6.45) is 10.8. The second-order valence-corrected chi connectivity index (χ2v) is 9.77. The molecule has 7 nitrogen and oxygen atoms in total. The van der Waals surface area contributed by atoms with Gasteiger partial charge in [0, 0.05) is 31.3 Å². The molecule has 3 aliphatic rings. The number of hydrogen-bond donors (Lipinski definition) is 1. The molecule has 2 aromatic heterocycles. The van der Waals surface area contributed by atoms with E-state index in [2.05, 4.69) is 50.4 Å². The second kappa shape index (κ2) is 8.58. The number of hydrogen-bond acceptors (Lipinski definition) is 7. The minimum absolute atomic E-state index is 0.187. The fourth-order valence-corrected chi connectivity index (χ4v) is 4.93. The van der Waals surface area contributed by atoms with Crippen LogP contribution in [-0.4, -0.2) is 63.3 Å². The van der Waals surface area contributed by atoms with Gasteiger partial charge in [0.1, 0.15) is 11.8 Å². The Balaban J connectivity index is 1.19. The Morgan fingerprint density at radius 2 is 1.97 bits per heavy atom. The van der Waals surface area contributed by atoms with Crippen LogP contribution in [0.25, 0.3) is 16.6 Å². The lowest BCUT2D eigenvalue weighted by Gasteiger charge is -2.33. The summed E-state index contributed by atoms with van der Waals surface area (Å²) in [5.74, 6) is 1.08. The van der Waals surface area contributed by atoms with Gasteiger partial charge in [-0.2, -0.15) is 0 Å². The van der Waals surface area contributed by atoms with Crippen LogP contribution < -0.4 is 10.1 Å². The molecule has 1 saturated carbocycles. The van der Waals surface area contributed by atoms with Crippen LogP contribution >= 0.6 is 0 Å². The average molecular weight is 461 g/mol. The van der Waals surface area contributed by atoms with Crippen molar-refractivity contribution in [1.82, 2.24) is 24.8 Å². The highest BCUT2D eigenvalue weighted by Crippen LogP contribution is 2.36. The molecule has 1 N–H and O–H groups in total. The molecule has 3 heterocycles. The van der Waals surface area contributed by atoms with Gasteiger partial charge in [-0.25, -0.2) is 24.3 Å². The van der Waals surface area contributed by atoms with Crippen LogP contribution in [0.5, 0.6) is 5.88 Å². The molecule has 3 aromatic rings. The maximum atomic E-state index is 14.3. The third-order valence-corrected chi connectivity index (χ3v) is 7.25. The third kappa shape index (κ3) is 4.22. The molecule has 176 valence electrons. The first-order valence-electron chi connectivity index (χ1n) is 12.2. The highest BCUT2D eigenvalue weighted by molar-refractivity contribution is 5.88. The Labute approximate surface area is 198 Å². The van der Waals surface area contributed by atoms with Gasteiger partial charge in [0.05, 0.1) is 29.5 Å². The van der Waals surface area contributed by atoms with E-state index >= 15 is 0 Å². The Kier molecular flexibility index (Phi) is 5.40. The number of nitrogens with one attached hydrogen (secondary N) is 1. The molecule has 1 aromatic carbocycles. The van der Waals surface area contributed by atoms with Crippen molar-refractivity contribution < 1.29 is 9.13 Å². The number of alkyl halides is 1. The molecule has 0 bridgehead atoms. The molecule has 0 amide bonds. The fourth-order valence-electron chi connectivity index (χ4n) is 4.93. The Hall–Kier alpha value is -3.13. The van der Waals surface area contributed by atoms with E-state index in [1.807, 2.05) is 12.3 Å². The molecule has 2 fully saturated rings. The third-order valence-electron chi connectivity index (χ3n) is 7.25. The largest absolute Gasteiger partial charge is 0.473 e. The van der Waals surface area contributed by atoms with Crippen LogP contribution in [0.1, 0.15) is 48.9 Å². The number of ether oxygens (including phenoxy) is 1. The van der Waals surface area contributed by atoms with E-state index in [9.17, 15) is 4.39 Å². The summed E-state index contributed by atoms with van der Waals surface area (Å²) in [7, 11) is 2.14. The monoisotopic (exact) mass is 460 g/mol. The zero-order valence-electron chi connectivity index (χ0n) is 19.4. The van der Waals surface area contributed by atoms with E-state index in [1.54, 1.807) is 6.20 Å². The first kappa shape index (κ1) is 21.4. The van der Waals surface area contributed by atoms with Crippen molar-refractivity contribution in [2.75, 3.05) is 32.0 Å². The molecule has 0 spiro atoms. The Morgan fingerprint density at radius 1 is 1.12 bits per heavy atom. The van der Waals surface area contributed by atoms with Gasteiger partial charge in [-0.05, 0) is 62.4 Å². The predicted octanol–water partition coefficient (Wildman–Crippen LogP) is 4.18. The van der Waals surface area contributed by atoms with Gasteiger partial charge < -0.3 is 15.0 Å². The van der Waals surface area contributed by atoms with Crippen molar-refractivity contribution in [3.05, 3.63) is 53.5 Å². The van der Waals surface area contributed by atoms with Crippen molar-refractivity contribution in [2.45, 2.75) is 50.3 Å². The first-order chi connectivity index (χ1) is 16.5. The van der Waals surface area contributed by atoms with Crippen molar-refractivity contribution in [1.29, 1.82) is 0 Å². The van der Waals surface area contributed by atoms with E-state index in [0.717, 1.165) is 72.2 Å². The van der Waals surface area contributed by atoms with E-state index in [-0.39, 0.29) is 12.6 Å². The maximum absolute atomic E-state index is 14.3. The molecular weight excluding hydrogens is 431 g/mol. The fraction of sp³-hybridized carbons (Fsp3) is 0.462. The maximum Gasteiger partial charge on any atom is 0.233 e. The van der Waals surface area contributed by atoms with Gasteiger partial charge in [-0.1, -0.05) is 12.1 Å². The minimum Gasteiger partial charge on any atom is -0.473 e. The van der Waals surface area contributed by atoms with E-state index < -0.39 is 5.67 Å². The van der Waals surface area contributed by atoms with Crippen LogP contribution in [0.3, 0.4) is 0 Å². The normalized spacial score (nSPS) is 20.0. The van der Waals surface area contributed by atoms with Crippen LogP contribution in [0.15, 0.2) is 36.7 Å². The standard InChI is InChI=1S/C26H29FN6O/c1-33-11-7-18(8-12-33)34-24-15-28-22-5-3-17(13-23(22)31-24)19-4-6-21-20(19)14-29-25(32-21)30-16-26(27)9-2-10-26/h3-5,13-15,18H,2,6-12,16H2,1H3,(H,29,30,32). The minimum atomic E-state index is -1.10. The van der Waals surface area contributed by atoms with Crippen LogP contribution in [0.4, 0.5) is 10.3 Å². The second-order valence-electron chi connectivity index (χ2n) is 9.77. The summed E-state index contributed by atoms with van der Waals surface area (Å²) in [5.41, 5.74) is 4.66. The van der Waals surface area contributed by atoms with Gasteiger partial charge in [0.15, 0.2) is 0 Å².